The summed E-state index contributed by atoms with van der Waals surface area (Å²) in [4.78, 5) is 19.0. The van der Waals surface area contributed by atoms with Gasteiger partial charge in [0.1, 0.15) is 0 Å². The molecule has 2 aliphatic rings. The van der Waals surface area contributed by atoms with E-state index in [-0.39, 0.29) is 23.7 Å². The van der Waals surface area contributed by atoms with Crippen molar-refractivity contribution in [1.82, 2.24) is 25.8 Å². The van der Waals surface area contributed by atoms with E-state index in [4.69, 9.17) is 0 Å². The Morgan fingerprint density at radius 2 is 1.70 bits per heavy atom. The van der Waals surface area contributed by atoms with Gasteiger partial charge in [-0.05, 0) is 49.4 Å². The summed E-state index contributed by atoms with van der Waals surface area (Å²) in [6, 6.07) is 25.3. The van der Waals surface area contributed by atoms with Crippen molar-refractivity contribution in [3.8, 4) is 11.3 Å². The van der Waals surface area contributed by atoms with E-state index in [0.29, 0.717) is 19.1 Å². The molecule has 2 atom stereocenters. The van der Waals surface area contributed by atoms with Crippen LogP contribution in [0.3, 0.4) is 0 Å². The zero-order valence-electron chi connectivity index (χ0n) is 23.6. The van der Waals surface area contributed by atoms with Crippen LogP contribution in [0.5, 0.6) is 0 Å². The minimum Gasteiger partial charge on any atom is -0.395 e. The normalized spacial score (nSPS) is 22.5. The Labute approximate surface area is 238 Å². The van der Waals surface area contributed by atoms with E-state index in [9.17, 15) is 9.90 Å². The lowest BCUT2D eigenvalue weighted by molar-refractivity contribution is 0.0798. The van der Waals surface area contributed by atoms with Crippen LogP contribution in [0.25, 0.3) is 11.3 Å². The van der Waals surface area contributed by atoms with Gasteiger partial charge in [-0.1, -0.05) is 79.6 Å². The van der Waals surface area contributed by atoms with Gasteiger partial charge >= 0.3 is 0 Å². The van der Waals surface area contributed by atoms with Crippen molar-refractivity contribution >= 4 is 0 Å². The molecule has 0 bridgehead atoms. The van der Waals surface area contributed by atoms with Gasteiger partial charge in [0.25, 0.3) is 5.56 Å². The Morgan fingerprint density at radius 1 is 0.950 bits per heavy atom. The van der Waals surface area contributed by atoms with Gasteiger partial charge in [-0.2, -0.15) is 0 Å². The average Bonchev–Trinajstić information content (AvgIpc) is 3.47. The minimum absolute atomic E-state index is 0.00139. The highest BCUT2D eigenvalue weighted by Gasteiger charge is 2.39. The summed E-state index contributed by atoms with van der Waals surface area (Å²) in [6.07, 6.45) is 6.70. The number of hydrogen-bond donors (Lipinski definition) is 5. The van der Waals surface area contributed by atoms with E-state index in [1.54, 1.807) is 0 Å². The fourth-order valence-corrected chi connectivity index (χ4v) is 6.59. The van der Waals surface area contributed by atoms with Crippen LogP contribution in [-0.4, -0.2) is 65.9 Å². The lowest BCUT2D eigenvalue weighted by atomic mass is 9.92. The molecular weight excluding hydrogens is 498 g/mol. The Balaban J connectivity index is 1.37. The molecule has 1 saturated carbocycles. The summed E-state index contributed by atoms with van der Waals surface area (Å²) in [5.41, 5.74) is 4.04. The van der Waals surface area contributed by atoms with Gasteiger partial charge in [-0.3, -0.25) is 9.69 Å². The van der Waals surface area contributed by atoms with Gasteiger partial charge in [0.2, 0.25) is 0 Å². The fraction of sp³-hybridized carbons (Fsp3) is 0.485. The van der Waals surface area contributed by atoms with E-state index in [0.717, 1.165) is 68.7 Å². The zero-order valence-corrected chi connectivity index (χ0v) is 23.6. The summed E-state index contributed by atoms with van der Waals surface area (Å²) < 4.78 is 0. The van der Waals surface area contributed by atoms with Gasteiger partial charge in [0, 0.05) is 61.6 Å². The predicted molar refractivity (Wildman–Crippen MR) is 162 cm³/mol. The van der Waals surface area contributed by atoms with Crippen LogP contribution in [0.1, 0.15) is 55.7 Å². The van der Waals surface area contributed by atoms with Crippen molar-refractivity contribution in [2.24, 2.45) is 0 Å². The number of pyridine rings is 1. The summed E-state index contributed by atoms with van der Waals surface area (Å²) >= 11 is 0. The largest absolute Gasteiger partial charge is 0.395 e. The SMILES string of the molecule is O=c1[nH]c(-c2ccccc2)ccc1CN1CCNC(c2ccccc2)CC(NCCO)CCNCC12CCCC2. The van der Waals surface area contributed by atoms with E-state index in [2.05, 4.69) is 56.2 Å². The molecule has 1 aliphatic carbocycles. The van der Waals surface area contributed by atoms with Crippen LogP contribution in [0.4, 0.5) is 0 Å². The highest BCUT2D eigenvalue weighted by atomic mass is 16.3. The molecular formula is C33H45N5O2. The molecule has 7 nitrogen and oxygen atoms in total. The molecule has 2 fully saturated rings. The number of nitrogens with zero attached hydrogens (tertiary/aromatic N) is 1. The number of H-pyrrole nitrogens is 1. The number of hydrogen-bond acceptors (Lipinski definition) is 6. The zero-order chi connectivity index (χ0) is 27.6. The van der Waals surface area contributed by atoms with Crippen molar-refractivity contribution < 1.29 is 5.11 Å². The maximum atomic E-state index is 13.3. The Kier molecular flexibility index (Phi) is 10.2. The second-order valence-corrected chi connectivity index (χ2v) is 11.4. The first-order chi connectivity index (χ1) is 19.7. The molecule has 2 heterocycles. The minimum atomic E-state index is 0.00139. The van der Waals surface area contributed by atoms with Crippen LogP contribution in [0.15, 0.2) is 77.6 Å². The Morgan fingerprint density at radius 3 is 2.42 bits per heavy atom. The molecule has 40 heavy (non-hydrogen) atoms. The summed E-state index contributed by atoms with van der Waals surface area (Å²) in [5.74, 6) is 0. The van der Waals surface area contributed by atoms with E-state index in [1.165, 1.54) is 18.4 Å². The number of aromatic nitrogens is 1. The van der Waals surface area contributed by atoms with Crippen LogP contribution in [-0.2, 0) is 6.54 Å². The monoisotopic (exact) mass is 543 g/mol. The van der Waals surface area contributed by atoms with Crippen LogP contribution in [0.2, 0.25) is 0 Å². The highest BCUT2D eigenvalue weighted by molar-refractivity contribution is 5.58. The van der Waals surface area contributed by atoms with Crippen molar-refractivity contribution in [3.05, 3.63) is 94.3 Å². The molecule has 1 aromatic heterocycles. The second-order valence-electron chi connectivity index (χ2n) is 11.4. The highest BCUT2D eigenvalue weighted by Crippen LogP contribution is 2.36. The smallest absolute Gasteiger partial charge is 0.252 e. The molecule has 214 valence electrons. The van der Waals surface area contributed by atoms with E-state index in [1.807, 2.05) is 42.5 Å². The van der Waals surface area contributed by atoms with Gasteiger partial charge in [-0.25, -0.2) is 0 Å². The lowest BCUT2D eigenvalue weighted by Gasteiger charge is -2.43. The molecule has 5 N–H and O–H groups in total. The Hall–Kier alpha value is -2.81. The van der Waals surface area contributed by atoms with Crippen LogP contribution >= 0.6 is 0 Å². The molecule has 0 radical (unpaired) electrons. The fourth-order valence-electron chi connectivity index (χ4n) is 6.59. The summed E-state index contributed by atoms with van der Waals surface area (Å²) in [5, 5.41) is 20.7. The average molecular weight is 544 g/mol. The molecule has 1 spiro atoms. The van der Waals surface area contributed by atoms with Crippen molar-refractivity contribution in [1.29, 1.82) is 0 Å². The molecule has 1 saturated heterocycles. The Bertz CT molecular complexity index is 1230. The number of aliphatic hydroxyl groups is 1. The maximum absolute atomic E-state index is 13.3. The first-order valence-corrected chi connectivity index (χ1v) is 15.0. The molecule has 2 aromatic carbocycles. The van der Waals surface area contributed by atoms with E-state index >= 15 is 0 Å². The van der Waals surface area contributed by atoms with E-state index < -0.39 is 0 Å². The molecule has 1 aliphatic heterocycles. The first-order valence-electron chi connectivity index (χ1n) is 15.0. The van der Waals surface area contributed by atoms with Crippen molar-refractivity contribution in [2.75, 3.05) is 39.3 Å². The number of benzene rings is 2. The van der Waals surface area contributed by atoms with Gasteiger partial charge < -0.3 is 26.0 Å². The van der Waals surface area contributed by atoms with Gasteiger partial charge in [0.15, 0.2) is 0 Å². The number of aliphatic hydroxyl groups excluding tert-OH is 1. The second kappa shape index (κ2) is 14.2. The van der Waals surface area contributed by atoms with Crippen molar-refractivity contribution in [3.63, 3.8) is 0 Å². The molecule has 0 amide bonds. The van der Waals surface area contributed by atoms with Crippen LogP contribution < -0.4 is 21.5 Å². The van der Waals surface area contributed by atoms with Gasteiger partial charge in [0.05, 0.1) is 6.61 Å². The molecule has 5 rings (SSSR count). The summed E-state index contributed by atoms with van der Waals surface area (Å²) in [6.45, 7) is 4.98. The standard InChI is InChI=1S/C33H45N5O2/c39-22-20-35-29-15-18-34-25-33(16-7-8-17-33)38(21-19-36-31(23-29)27-11-5-2-6-12-27)24-28-13-14-30(37-32(28)40)26-9-3-1-4-10-26/h1-6,9-14,29,31,34-36,39H,7-8,15-25H2,(H,37,40). The molecule has 3 aromatic rings. The van der Waals surface area contributed by atoms with Crippen LogP contribution in [0, 0.1) is 0 Å². The number of aromatic amines is 1. The third-order valence-corrected chi connectivity index (χ3v) is 8.81. The predicted octanol–water partition coefficient (Wildman–Crippen LogP) is 3.82. The summed E-state index contributed by atoms with van der Waals surface area (Å²) in [7, 11) is 0. The first kappa shape index (κ1) is 28.7. The molecule has 7 heteroatoms. The van der Waals surface area contributed by atoms with Gasteiger partial charge in [-0.15, -0.1) is 0 Å². The number of nitrogens with one attached hydrogen (secondary N) is 4. The lowest BCUT2D eigenvalue weighted by Crippen LogP contribution is -2.55. The maximum Gasteiger partial charge on any atom is 0.252 e. The number of rotatable bonds is 7. The quantitative estimate of drug-likeness (QED) is 0.311. The molecule has 2 unspecified atom stereocenters. The third-order valence-electron chi connectivity index (χ3n) is 8.81. The third kappa shape index (κ3) is 7.28. The van der Waals surface area contributed by atoms with Crippen molar-refractivity contribution in [2.45, 2.75) is 62.7 Å². The topological polar surface area (TPSA) is 92.4 Å².